The number of halogens is 3. The van der Waals surface area contributed by atoms with Gasteiger partial charge < -0.3 is 4.52 Å². The molecule has 0 spiro atoms. The van der Waals surface area contributed by atoms with Crippen LogP contribution in [0.5, 0.6) is 0 Å². The second kappa shape index (κ2) is 6.66. The Morgan fingerprint density at radius 2 is 1.71 bits per heavy atom. The molecule has 21 heavy (non-hydrogen) atoms. The van der Waals surface area contributed by atoms with Gasteiger partial charge in [-0.1, -0.05) is 18.2 Å². The van der Waals surface area contributed by atoms with Crippen LogP contribution in [-0.2, 0) is 9.09 Å². The third-order valence-corrected chi connectivity index (χ3v) is 8.02. The number of rotatable bonds is 5. The maximum atomic E-state index is 13.1. The van der Waals surface area contributed by atoms with Gasteiger partial charge >= 0.3 is 6.18 Å². The van der Waals surface area contributed by atoms with Crippen molar-refractivity contribution in [3.63, 3.8) is 0 Å². The fourth-order valence-electron chi connectivity index (χ4n) is 1.53. The molecule has 0 saturated carbocycles. The predicted molar refractivity (Wildman–Crippen MR) is 80.6 cm³/mol. The maximum Gasteiger partial charge on any atom is 0.412 e. The van der Waals surface area contributed by atoms with Crippen LogP contribution in [0.2, 0.25) is 0 Å². The molecule has 0 aromatic heterocycles. The van der Waals surface area contributed by atoms with Gasteiger partial charge in [0.05, 0.1) is 7.28 Å². The summed E-state index contributed by atoms with van der Waals surface area (Å²) in [6.45, 7) is 1.55. The van der Waals surface area contributed by atoms with E-state index in [4.69, 9.17) is 4.52 Å². The standard InChI is InChI=1S/C12H19F3N2O2P2/c1-17(2)21(18,11-8-6-5-7-9-11)16-20(3,4)19-10-12(13,14)15/h5-9H,10H2,1-4H3. The van der Waals surface area contributed by atoms with Crippen molar-refractivity contribution in [3.8, 4) is 0 Å². The monoisotopic (exact) mass is 342 g/mol. The van der Waals surface area contributed by atoms with E-state index in [1.807, 2.05) is 0 Å². The van der Waals surface area contributed by atoms with Gasteiger partial charge in [-0.25, -0.2) is 9.19 Å². The van der Waals surface area contributed by atoms with Gasteiger partial charge in [0, 0.05) is 5.30 Å². The van der Waals surface area contributed by atoms with E-state index in [-0.39, 0.29) is 0 Å². The second-order valence-electron chi connectivity index (χ2n) is 5.00. The minimum absolute atomic E-state index is 0.471. The smallest absolute Gasteiger partial charge is 0.335 e. The number of hydrogen-bond acceptors (Lipinski definition) is 2. The molecule has 1 unspecified atom stereocenters. The summed E-state index contributed by atoms with van der Waals surface area (Å²) in [5.41, 5.74) is 0. The lowest BCUT2D eigenvalue weighted by Gasteiger charge is -2.25. The molecule has 0 saturated heterocycles. The Labute approximate surface area is 122 Å². The van der Waals surface area contributed by atoms with Crippen LogP contribution < -0.4 is 5.30 Å². The van der Waals surface area contributed by atoms with Crippen molar-refractivity contribution in [1.29, 1.82) is 0 Å². The van der Waals surface area contributed by atoms with Gasteiger partial charge in [0.15, 0.2) is 0 Å². The summed E-state index contributed by atoms with van der Waals surface area (Å²) < 4.78 is 60.4. The Hall–Kier alpha value is -0.610. The predicted octanol–water partition coefficient (Wildman–Crippen LogP) is 4.02. The van der Waals surface area contributed by atoms with Crippen molar-refractivity contribution in [1.82, 2.24) is 4.67 Å². The van der Waals surface area contributed by atoms with Crippen LogP contribution in [0.4, 0.5) is 13.2 Å². The van der Waals surface area contributed by atoms with Crippen LogP contribution in [0.1, 0.15) is 0 Å². The highest BCUT2D eigenvalue weighted by Crippen LogP contribution is 2.59. The zero-order valence-electron chi connectivity index (χ0n) is 12.3. The molecule has 1 rings (SSSR count). The first-order valence-electron chi connectivity index (χ1n) is 6.10. The Morgan fingerprint density at radius 1 is 1.19 bits per heavy atom. The fraction of sp³-hybridized carbons (Fsp3) is 0.500. The van der Waals surface area contributed by atoms with E-state index >= 15 is 0 Å². The van der Waals surface area contributed by atoms with Crippen molar-refractivity contribution in [2.24, 2.45) is 4.52 Å². The Balaban J connectivity index is 3.18. The molecule has 0 bridgehead atoms. The molecule has 4 nitrogen and oxygen atoms in total. The van der Waals surface area contributed by atoms with Crippen molar-refractivity contribution >= 4 is 20.0 Å². The average molecular weight is 342 g/mol. The van der Waals surface area contributed by atoms with Gasteiger partial charge in [-0.05, 0) is 39.6 Å². The van der Waals surface area contributed by atoms with Crippen LogP contribution >= 0.6 is 14.7 Å². The molecule has 0 fully saturated rings. The van der Waals surface area contributed by atoms with Gasteiger partial charge in [-0.2, -0.15) is 13.2 Å². The lowest BCUT2D eigenvalue weighted by molar-refractivity contribution is -0.152. The number of alkyl halides is 3. The molecule has 0 amide bonds. The van der Waals surface area contributed by atoms with Crippen molar-refractivity contribution in [3.05, 3.63) is 30.3 Å². The summed E-state index contributed by atoms with van der Waals surface area (Å²) in [7, 11) is -2.94. The van der Waals surface area contributed by atoms with Gasteiger partial charge in [0.2, 0.25) is 0 Å². The maximum absolute atomic E-state index is 13.1. The zero-order valence-corrected chi connectivity index (χ0v) is 14.1. The molecule has 0 aliphatic carbocycles. The Bertz CT molecular complexity index is 568. The lowest BCUT2D eigenvalue weighted by Crippen LogP contribution is -2.18. The molecule has 1 aromatic rings. The van der Waals surface area contributed by atoms with E-state index in [0.29, 0.717) is 5.30 Å². The largest absolute Gasteiger partial charge is 0.412 e. The van der Waals surface area contributed by atoms with Crippen molar-refractivity contribution < 1.29 is 22.3 Å². The van der Waals surface area contributed by atoms with Gasteiger partial charge in [-0.15, -0.1) is 0 Å². The quantitative estimate of drug-likeness (QED) is 0.759. The topological polar surface area (TPSA) is 41.9 Å². The molecule has 0 aliphatic heterocycles. The molecule has 0 aliphatic rings. The summed E-state index contributed by atoms with van der Waals surface area (Å²) in [5, 5.41) is 0.471. The summed E-state index contributed by atoms with van der Waals surface area (Å²) >= 11 is 0. The summed E-state index contributed by atoms with van der Waals surface area (Å²) in [4.78, 5) is 0. The zero-order chi connectivity index (χ0) is 16.3. The van der Waals surface area contributed by atoms with Gasteiger partial charge in [0.25, 0.3) is 7.44 Å². The SMILES string of the molecule is CN(C)P(=O)(N=P(C)(C)OCC(F)(F)F)c1ccccc1. The lowest BCUT2D eigenvalue weighted by atomic mass is 10.4. The molecular formula is C12H19F3N2O2P2. The molecule has 0 radical (unpaired) electrons. The highest BCUT2D eigenvalue weighted by molar-refractivity contribution is 7.75. The van der Waals surface area contributed by atoms with Crippen molar-refractivity contribution in [2.45, 2.75) is 6.18 Å². The van der Waals surface area contributed by atoms with Crippen molar-refractivity contribution in [2.75, 3.05) is 34.0 Å². The number of nitrogens with zero attached hydrogens (tertiary/aromatic N) is 2. The van der Waals surface area contributed by atoms with Crippen LogP contribution in [0.15, 0.2) is 34.8 Å². The molecule has 120 valence electrons. The van der Waals surface area contributed by atoms with E-state index in [2.05, 4.69) is 4.52 Å². The Kier molecular flexibility index (Phi) is 5.84. The number of hydrogen-bond donors (Lipinski definition) is 0. The summed E-state index contributed by atoms with van der Waals surface area (Å²) in [6, 6.07) is 8.48. The third-order valence-electron chi connectivity index (χ3n) is 2.52. The molecule has 0 heterocycles. The molecule has 1 aromatic carbocycles. The average Bonchev–Trinajstić information content (AvgIpc) is 2.36. The first kappa shape index (κ1) is 18.4. The van der Waals surface area contributed by atoms with E-state index in [1.165, 1.54) is 18.0 Å². The number of benzene rings is 1. The van der Waals surface area contributed by atoms with E-state index < -0.39 is 27.5 Å². The normalized spacial score (nSPS) is 15.8. The van der Waals surface area contributed by atoms with E-state index in [1.54, 1.807) is 44.4 Å². The molecule has 9 heteroatoms. The van der Waals surface area contributed by atoms with E-state index in [0.717, 1.165) is 0 Å². The van der Waals surface area contributed by atoms with Crippen LogP contribution in [0, 0.1) is 0 Å². The van der Waals surface area contributed by atoms with Crippen LogP contribution in [0.3, 0.4) is 0 Å². The van der Waals surface area contributed by atoms with Crippen LogP contribution in [0.25, 0.3) is 0 Å². The first-order valence-corrected chi connectivity index (χ1v) is 10.3. The molecule has 1 atom stereocenters. The highest BCUT2D eigenvalue weighted by atomic mass is 31.2. The minimum Gasteiger partial charge on any atom is -0.335 e. The molecule has 0 N–H and O–H groups in total. The minimum atomic E-state index is -4.43. The first-order chi connectivity index (χ1) is 9.46. The highest BCUT2D eigenvalue weighted by Gasteiger charge is 2.32. The molecular weight excluding hydrogens is 323 g/mol. The fourth-order valence-corrected chi connectivity index (χ4v) is 6.61. The summed E-state index contributed by atoms with van der Waals surface area (Å²) in [5.74, 6) is 0. The Morgan fingerprint density at radius 3 is 2.14 bits per heavy atom. The summed E-state index contributed by atoms with van der Waals surface area (Å²) in [6.07, 6.45) is -4.43. The van der Waals surface area contributed by atoms with E-state index in [9.17, 15) is 17.7 Å². The third kappa shape index (κ3) is 5.59. The van der Waals surface area contributed by atoms with Gasteiger partial charge in [-0.3, -0.25) is 4.57 Å². The van der Waals surface area contributed by atoms with Gasteiger partial charge in [0.1, 0.15) is 6.61 Å². The van der Waals surface area contributed by atoms with Crippen LogP contribution in [-0.4, -0.2) is 44.9 Å². The second-order valence-corrected chi connectivity index (χ2v) is 11.0.